The molecule has 1 fully saturated rings. The van der Waals surface area contributed by atoms with Gasteiger partial charge in [0.2, 0.25) is 11.8 Å². The second-order valence-electron chi connectivity index (χ2n) is 6.30. The van der Waals surface area contributed by atoms with Gasteiger partial charge < -0.3 is 16.4 Å². The summed E-state index contributed by atoms with van der Waals surface area (Å²) in [5.74, 6) is -0.149. The number of nitrogens with zero attached hydrogens (tertiary/aromatic N) is 2. The van der Waals surface area contributed by atoms with Crippen molar-refractivity contribution in [2.45, 2.75) is 19.3 Å². The summed E-state index contributed by atoms with van der Waals surface area (Å²) in [5, 5.41) is 9.65. The second kappa shape index (κ2) is 7.94. The third-order valence-corrected chi connectivity index (χ3v) is 4.64. The van der Waals surface area contributed by atoms with Crippen molar-refractivity contribution < 1.29 is 9.59 Å². The Morgan fingerprint density at radius 3 is 2.72 bits per heavy atom. The van der Waals surface area contributed by atoms with Crippen molar-refractivity contribution in [2.75, 3.05) is 18.4 Å². The van der Waals surface area contributed by atoms with Crippen LogP contribution in [0.4, 0.5) is 5.69 Å². The topological polar surface area (TPSA) is 102 Å². The molecule has 2 amide bonds. The highest BCUT2D eigenvalue weighted by atomic mass is 16.2. The number of hydrogen-bond donors (Lipinski definition) is 3. The number of amides is 2. The maximum atomic E-state index is 12.2. The largest absolute Gasteiger partial charge is 0.347 e. The van der Waals surface area contributed by atoms with Crippen LogP contribution in [0.25, 0.3) is 5.69 Å². The number of benzene rings is 1. The molecule has 132 valence electrons. The summed E-state index contributed by atoms with van der Waals surface area (Å²) in [6, 6.07) is 9.19. The van der Waals surface area contributed by atoms with Crippen molar-refractivity contribution in [3.8, 4) is 5.69 Å². The summed E-state index contributed by atoms with van der Waals surface area (Å²) >= 11 is 0. The predicted octanol–water partition coefficient (Wildman–Crippen LogP) is 1.30. The third-order valence-electron chi connectivity index (χ3n) is 4.64. The van der Waals surface area contributed by atoms with Gasteiger partial charge in [0.15, 0.2) is 0 Å². The molecule has 2 atom stereocenters. The number of nitrogens with one attached hydrogen (secondary N) is 2. The Kier molecular flexibility index (Phi) is 5.45. The Morgan fingerprint density at radius 1 is 1.24 bits per heavy atom. The van der Waals surface area contributed by atoms with Crippen LogP contribution in [0.1, 0.15) is 19.3 Å². The zero-order chi connectivity index (χ0) is 17.6. The molecule has 1 saturated carbocycles. The Bertz CT molecular complexity index is 712. The van der Waals surface area contributed by atoms with Gasteiger partial charge in [-0.1, -0.05) is 6.42 Å². The van der Waals surface area contributed by atoms with Gasteiger partial charge in [0.25, 0.3) is 0 Å². The number of hydrogen-bond acceptors (Lipinski definition) is 4. The first kappa shape index (κ1) is 17.2. The Labute approximate surface area is 146 Å². The molecule has 25 heavy (non-hydrogen) atoms. The molecule has 7 nitrogen and oxygen atoms in total. The van der Waals surface area contributed by atoms with Crippen LogP contribution < -0.4 is 16.4 Å². The van der Waals surface area contributed by atoms with Crippen LogP contribution in [0, 0.1) is 11.8 Å². The van der Waals surface area contributed by atoms with Crippen molar-refractivity contribution in [3.05, 3.63) is 42.7 Å². The molecule has 1 heterocycles. The molecular formula is C18H23N5O2. The molecule has 3 rings (SSSR count). The summed E-state index contributed by atoms with van der Waals surface area (Å²) in [7, 11) is 0. The fourth-order valence-electron chi connectivity index (χ4n) is 3.29. The summed E-state index contributed by atoms with van der Waals surface area (Å²) in [6.07, 6.45) is 6.42. The van der Waals surface area contributed by atoms with Crippen LogP contribution in [-0.4, -0.2) is 34.7 Å². The van der Waals surface area contributed by atoms with Crippen molar-refractivity contribution in [3.63, 3.8) is 0 Å². The number of nitrogens with two attached hydrogens (primary N) is 1. The molecule has 2 aromatic rings. The van der Waals surface area contributed by atoms with E-state index in [1.165, 1.54) is 0 Å². The first-order valence-corrected chi connectivity index (χ1v) is 8.55. The van der Waals surface area contributed by atoms with Gasteiger partial charge in [-0.3, -0.25) is 9.59 Å². The third kappa shape index (κ3) is 4.24. The van der Waals surface area contributed by atoms with Gasteiger partial charge in [0, 0.05) is 24.0 Å². The van der Waals surface area contributed by atoms with E-state index in [4.69, 9.17) is 5.73 Å². The van der Waals surface area contributed by atoms with Crippen LogP contribution in [0.2, 0.25) is 0 Å². The van der Waals surface area contributed by atoms with Crippen molar-refractivity contribution in [2.24, 2.45) is 17.6 Å². The number of carbonyl (C=O) groups excluding carboxylic acids is 2. The maximum absolute atomic E-state index is 12.2. The van der Waals surface area contributed by atoms with E-state index in [0.717, 1.165) is 24.9 Å². The lowest BCUT2D eigenvalue weighted by atomic mass is 9.95. The smallest absolute Gasteiger partial charge is 0.243 e. The van der Waals surface area contributed by atoms with E-state index < -0.39 is 0 Å². The standard InChI is InChI=1S/C18H23N5O2/c19-11-13-3-1-4-16(13)18(25)20-12-17(24)22-14-5-7-15(8-6-14)23-10-2-9-21-23/h2,5-10,13,16H,1,3-4,11-12,19H2,(H,20,25)(H,22,24)/t13-,16-/m1/s1. The average Bonchev–Trinajstić information content (AvgIpc) is 3.31. The lowest BCUT2D eigenvalue weighted by molar-refractivity contribution is -0.128. The molecule has 4 N–H and O–H groups in total. The quantitative estimate of drug-likeness (QED) is 0.737. The minimum absolute atomic E-state index is 0.0342. The lowest BCUT2D eigenvalue weighted by Crippen LogP contribution is -2.39. The molecular weight excluding hydrogens is 318 g/mol. The van der Waals surface area contributed by atoms with Gasteiger partial charge in [0.05, 0.1) is 12.2 Å². The summed E-state index contributed by atoms with van der Waals surface area (Å²) in [4.78, 5) is 24.2. The van der Waals surface area contributed by atoms with E-state index in [1.807, 2.05) is 24.4 Å². The molecule has 0 bridgehead atoms. The highest BCUT2D eigenvalue weighted by Crippen LogP contribution is 2.30. The first-order chi connectivity index (χ1) is 12.2. The van der Waals surface area contributed by atoms with Crippen LogP contribution in [0.5, 0.6) is 0 Å². The maximum Gasteiger partial charge on any atom is 0.243 e. The zero-order valence-electron chi connectivity index (χ0n) is 14.0. The van der Waals surface area contributed by atoms with Gasteiger partial charge in [-0.25, -0.2) is 4.68 Å². The fourth-order valence-corrected chi connectivity index (χ4v) is 3.29. The normalized spacial score (nSPS) is 19.6. The highest BCUT2D eigenvalue weighted by molar-refractivity contribution is 5.94. The van der Waals surface area contributed by atoms with Crippen molar-refractivity contribution >= 4 is 17.5 Å². The SMILES string of the molecule is NC[C@H]1CCC[C@H]1C(=O)NCC(=O)Nc1ccc(-n2cccn2)cc1. The van der Waals surface area contributed by atoms with Crippen molar-refractivity contribution in [1.82, 2.24) is 15.1 Å². The molecule has 0 saturated heterocycles. The molecule has 0 unspecified atom stereocenters. The van der Waals surface area contributed by atoms with E-state index >= 15 is 0 Å². The molecule has 1 aliphatic rings. The van der Waals surface area contributed by atoms with Gasteiger partial charge in [-0.2, -0.15) is 5.10 Å². The molecule has 1 aromatic heterocycles. The molecule has 0 radical (unpaired) electrons. The Morgan fingerprint density at radius 2 is 2.04 bits per heavy atom. The van der Waals surface area contributed by atoms with E-state index in [-0.39, 0.29) is 30.2 Å². The molecule has 0 aliphatic heterocycles. The Balaban J connectivity index is 1.48. The highest BCUT2D eigenvalue weighted by Gasteiger charge is 2.31. The molecule has 1 aliphatic carbocycles. The minimum atomic E-state index is -0.248. The van der Waals surface area contributed by atoms with E-state index in [1.54, 1.807) is 23.0 Å². The van der Waals surface area contributed by atoms with E-state index in [0.29, 0.717) is 12.2 Å². The second-order valence-corrected chi connectivity index (χ2v) is 6.30. The number of rotatable bonds is 6. The van der Waals surface area contributed by atoms with Crippen LogP contribution in [0.3, 0.4) is 0 Å². The van der Waals surface area contributed by atoms with Crippen LogP contribution in [0.15, 0.2) is 42.7 Å². The van der Waals surface area contributed by atoms with Gasteiger partial charge in [-0.05, 0) is 55.6 Å². The Hall–Kier alpha value is -2.67. The van der Waals surface area contributed by atoms with Crippen LogP contribution >= 0.6 is 0 Å². The number of anilines is 1. The monoisotopic (exact) mass is 341 g/mol. The number of aromatic nitrogens is 2. The van der Waals surface area contributed by atoms with E-state index in [2.05, 4.69) is 15.7 Å². The van der Waals surface area contributed by atoms with Gasteiger partial charge in [-0.15, -0.1) is 0 Å². The molecule has 7 heteroatoms. The summed E-state index contributed by atoms with van der Waals surface area (Å²) in [6.45, 7) is 0.487. The predicted molar refractivity (Wildman–Crippen MR) is 95.1 cm³/mol. The summed E-state index contributed by atoms with van der Waals surface area (Å²) in [5.41, 5.74) is 7.29. The lowest BCUT2D eigenvalue weighted by Gasteiger charge is -2.17. The van der Waals surface area contributed by atoms with Crippen molar-refractivity contribution in [1.29, 1.82) is 0 Å². The van der Waals surface area contributed by atoms with E-state index in [9.17, 15) is 9.59 Å². The van der Waals surface area contributed by atoms with Gasteiger partial charge >= 0.3 is 0 Å². The number of carbonyl (C=O) groups is 2. The zero-order valence-corrected chi connectivity index (χ0v) is 14.0. The minimum Gasteiger partial charge on any atom is -0.347 e. The van der Waals surface area contributed by atoms with Crippen LogP contribution in [-0.2, 0) is 9.59 Å². The molecule has 1 aromatic carbocycles. The fraction of sp³-hybridized carbons (Fsp3) is 0.389. The average molecular weight is 341 g/mol. The first-order valence-electron chi connectivity index (χ1n) is 8.55. The molecule has 0 spiro atoms. The summed E-state index contributed by atoms with van der Waals surface area (Å²) < 4.78 is 1.74. The van der Waals surface area contributed by atoms with Gasteiger partial charge in [0.1, 0.15) is 0 Å².